The third-order valence-corrected chi connectivity index (χ3v) is 4.28. The molecule has 0 N–H and O–H groups in total. The van der Waals surface area contributed by atoms with Gasteiger partial charge in [0.05, 0.1) is 6.67 Å². The topological polar surface area (TPSA) is 0 Å². The smallest absolute Gasteiger partial charge is 0.0985 e. The van der Waals surface area contributed by atoms with Gasteiger partial charge < -0.3 is 0 Å². The molecule has 0 aliphatic carbocycles. The molecule has 0 radical (unpaired) electrons. The fourth-order valence-electron chi connectivity index (χ4n) is 2.92. The van der Waals surface area contributed by atoms with E-state index in [1.165, 1.54) is 18.4 Å². The molecule has 1 heteroatoms. The molecule has 0 fully saturated rings. The highest BCUT2D eigenvalue weighted by atomic mass is 19.1. The van der Waals surface area contributed by atoms with Crippen molar-refractivity contribution in [1.82, 2.24) is 0 Å². The van der Waals surface area contributed by atoms with Crippen molar-refractivity contribution in [1.29, 1.82) is 0 Å². The first-order valence-electron chi connectivity index (χ1n) is 8.33. The maximum absolute atomic E-state index is 13.8. The van der Waals surface area contributed by atoms with Crippen LogP contribution in [0, 0.1) is 11.3 Å². The monoisotopic (exact) mass is 270 g/mol. The number of hydrogen-bond donors (Lipinski definition) is 0. The predicted molar refractivity (Wildman–Crippen MR) is 85.3 cm³/mol. The maximum Gasteiger partial charge on any atom is 0.0985 e. The zero-order valence-electron chi connectivity index (χ0n) is 13.9. The Kier molecular flexibility index (Phi) is 10.3. The average Bonchev–Trinajstić information content (AvgIpc) is 2.43. The maximum atomic E-state index is 13.8. The molecule has 0 aromatic heterocycles. The Morgan fingerprint density at radius 2 is 1.84 bits per heavy atom. The molecule has 0 saturated heterocycles. The summed E-state index contributed by atoms with van der Waals surface area (Å²) < 4.78 is 13.8. The van der Waals surface area contributed by atoms with Crippen LogP contribution in [0.5, 0.6) is 0 Å². The van der Waals surface area contributed by atoms with E-state index in [1.807, 2.05) is 0 Å². The van der Waals surface area contributed by atoms with Crippen LogP contribution in [0.3, 0.4) is 0 Å². The third-order valence-electron chi connectivity index (χ3n) is 4.28. The lowest BCUT2D eigenvalue weighted by molar-refractivity contribution is 0.199. The summed E-state index contributed by atoms with van der Waals surface area (Å²) in [4.78, 5) is 0. The molecule has 114 valence electrons. The molecule has 0 rings (SSSR count). The Hall–Kier alpha value is -0.330. The highest BCUT2D eigenvalue weighted by Gasteiger charge is 2.29. The largest absolute Gasteiger partial charge is 0.250 e. The van der Waals surface area contributed by atoms with Gasteiger partial charge in [-0.15, -0.1) is 0 Å². The Balaban J connectivity index is 5.01. The minimum absolute atomic E-state index is 0.191. The van der Waals surface area contributed by atoms with E-state index in [2.05, 4.69) is 40.7 Å². The number of alkyl halides is 1. The Morgan fingerprint density at radius 3 is 2.26 bits per heavy atom. The zero-order valence-corrected chi connectivity index (χ0v) is 13.9. The minimum Gasteiger partial charge on any atom is -0.250 e. The van der Waals surface area contributed by atoms with Gasteiger partial charge in [-0.3, -0.25) is 4.39 Å². The molecule has 2 atom stereocenters. The van der Waals surface area contributed by atoms with Gasteiger partial charge in [-0.25, -0.2) is 0 Å². The van der Waals surface area contributed by atoms with Gasteiger partial charge in [0.15, 0.2) is 0 Å². The first-order chi connectivity index (χ1) is 9.07. The SMILES string of the molecule is CCCC/C(=C/C(CF)(CCC)C[C@@H](C)CC)CC. The van der Waals surface area contributed by atoms with E-state index in [-0.39, 0.29) is 12.1 Å². The normalized spacial score (nSPS) is 17.3. The van der Waals surface area contributed by atoms with Crippen LogP contribution in [0.25, 0.3) is 0 Å². The minimum atomic E-state index is -0.194. The predicted octanol–water partition coefficient (Wildman–Crippen LogP) is 6.71. The molecule has 0 saturated carbocycles. The fraction of sp³-hybridized carbons (Fsp3) is 0.889. The van der Waals surface area contributed by atoms with Crippen molar-refractivity contribution < 1.29 is 4.39 Å². The standard InChI is InChI=1S/C18H35F/c1-6-10-11-17(9-4)14-18(15-19,12-7-2)13-16(5)8-3/h14,16H,6-13,15H2,1-5H3/b17-14+/t16-,18?/m0/s1. The van der Waals surface area contributed by atoms with Crippen LogP contribution >= 0.6 is 0 Å². The summed E-state index contributed by atoms with van der Waals surface area (Å²) in [6, 6.07) is 0. The van der Waals surface area contributed by atoms with Crippen molar-refractivity contribution in [3.63, 3.8) is 0 Å². The van der Waals surface area contributed by atoms with Gasteiger partial charge in [-0.1, -0.05) is 65.5 Å². The van der Waals surface area contributed by atoms with Gasteiger partial charge in [-0.2, -0.15) is 0 Å². The number of unbranched alkanes of at least 4 members (excludes halogenated alkanes) is 1. The van der Waals surface area contributed by atoms with Crippen molar-refractivity contribution in [3.05, 3.63) is 11.6 Å². The molecule has 0 nitrogen and oxygen atoms in total. The summed E-state index contributed by atoms with van der Waals surface area (Å²) in [7, 11) is 0. The van der Waals surface area contributed by atoms with Crippen molar-refractivity contribution in [3.8, 4) is 0 Å². The molecule has 0 heterocycles. The number of rotatable bonds is 11. The van der Waals surface area contributed by atoms with Gasteiger partial charge in [0.1, 0.15) is 0 Å². The van der Waals surface area contributed by atoms with Crippen LogP contribution in [0.4, 0.5) is 4.39 Å². The first-order valence-corrected chi connectivity index (χ1v) is 8.33. The van der Waals surface area contributed by atoms with E-state index >= 15 is 0 Å². The summed E-state index contributed by atoms with van der Waals surface area (Å²) >= 11 is 0. The first kappa shape index (κ1) is 18.7. The fourth-order valence-corrected chi connectivity index (χ4v) is 2.92. The second-order valence-corrected chi connectivity index (χ2v) is 6.22. The van der Waals surface area contributed by atoms with Crippen LogP contribution in [0.2, 0.25) is 0 Å². The molecule has 0 spiro atoms. The lowest BCUT2D eigenvalue weighted by Gasteiger charge is -2.31. The van der Waals surface area contributed by atoms with Gasteiger partial charge in [0.2, 0.25) is 0 Å². The molecule has 0 aromatic carbocycles. The highest BCUT2D eigenvalue weighted by molar-refractivity contribution is 5.10. The average molecular weight is 270 g/mol. The van der Waals surface area contributed by atoms with Crippen molar-refractivity contribution in [2.75, 3.05) is 6.67 Å². The van der Waals surface area contributed by atoms with E-state index < -0.39 is 0 Å². The van der Waals surface area contributed by atoms with Crippen LogP contribution in [0.15, 0.2) is 11.6 Å². The lowest BCUT2D eigenvalue weighted by atomic mass is 9.75. The molecule has 0 amide bonds. The summed E-state index contributed by atoms with van der Waals surface area (Å²) in [6.07, 6.45) is 11.2. The van der Waals surface area contributed by atoms with Crippen molar-refractivity contribution in [2.45, 2.75) is 86.0 Å². The number of halogens is 1. The Morgan fingerprint density at radius 1 is 1.16 bits per heavy atom. The van der Waals surface area contributed by atoms with Gasteiger partial charge in [-0.05, 0) is 38.0 Å². The molecular weight excluding hydrogens is 235 g/mol. The van der Waals surface area contributed by atoms with E-state index in [9.17, 15) is 4.39 Å². The van der Waals surface area contributed by atoms with Crippen molar-refractivity contribution in [2.24, 2.45) is 11.3 Å². The van der Waals surface area contributed by atoms with E-state index in [0.717, 1.165) is 38.5 Å². The Bertz CT molecular complexity index is 244. The summed E-state index contributed by atoms with van der Waals surface area (Å²) in [6.45, 7) is 10.9. The van der Waals surface area contributed by atoms with Crippen LogP contribution in [-0.4, -0.2) is 6.67 Å². The summed E-state index contributed by atoms with van der Waals surface area (Å²) in [5.41, 5.74) is 1.28. The van der Waals surface area contributed by atoms with Crippen molar-refractivity contribution >= 4 is 0 Å². The van der Waals surface area contributed by atoms with Crippen LogP contribution < -0.4 is 0 Å². The Labute approximate surface area is 120 Å². The summed E-state index contributed by atoms with van der Waals surface area (Å²) in [5.74, 6) is 0.614. The van der Waals surface area contributed by atoms with Gasteiger partial charge >= 0.3 is 0 Å². The van der Waals surface area contributed by atoms with Gasteiger partial charge in [0.25, 0.3) is 0 Å². The second kappa shape index (κ2) is 10.5. The van der Waals surface area contributed by atoms with Crippen LogP contribution in [0.1, 0.15) is 86.0 Å². The molecule has 0 aliphatic heterocycles. The zero-order chi connectivity index (χ0) is 14.7. The highest BCUT2D eigenvalue weighted by Crippen LogP contribution is 2.37. The van der Waals surface area contributed by atoms with Gasteiger partial charge in [0, 0.05) is 5.41 Å². The van der Waals surface area contributed by atoms with E-state index in [1.54, 1.807) is 0 Å². The van der Waals surface area contributed by atoms with E-state index in [4.69, 9.17) is 0 Å². The lowest BCUT2D eigenvalue weighted by Crippen LogP contribution is -2.24. The molecular formula is C18H35F. The number of allylic oxidation sites excluding steroid dienone is 2. The van der Waals surface area contributed by atoms with E-state index in [0.29, 0.717) is 5.92 Å². The molecule has 0 aromatic rings. The quantitative estimate of drug-likeness (QED) is 0.366. The molecule has 0 aliphatic rings. The number of hydrogen-bond acceptors (Lipinski definition) is 0. The third kappa shape index (κ3) is 7.13. The molecule has 19 heavy (non-hydrogen) atoms. The molecule has 1 unspecified atom stereocenters. The molecule has 0 bridgehead atoms. The summed E-state index contributed by atoms with van der Waals surface area (Å²) in [5, 5.41) is 0. The second-order valence-electron chi connectivity index (χ2n) is 6.22. The van der Waals surface area contributed by atoms with Crippen LogP contribution in [-0.2, 0) is 0 Å².